The molecule has 4 unspecified atom stereocenters. The number of nitrogens with one attached hydrogen (secondary N) is 2. The zero-order chi connectivity index (χ0) is 27.4. The lowest BCUT2D eigenvalue weighted by molar-refractivity contribution is -0.157. The second kappa shape index (κ2) is 11.3. The molecule has 202 valence electrons. The highest BCUT2D eigenvalue weighted by molar-refractivity contribution is 6.04. The van der Waals surface area contributed by atoms with E-state index in [2.05, 4.69) is 34.2 Å². The van der Waals surface area contributed by atoms with E-state index in [1.54, 1.807) is 12.3 Å². The van der Waals surface area contributed by atoms with Crippen LogP contribution >= 0.6 is 0 Å². The Morgan fingerprint density at radius 3 is 2.61 bits per heavy atom. The molecule has 1 aromatic heterocycles. The molecule has 2 heterocycles. The number of benzene rings is 1. The SMILES string of the molecule is COC(=O)NCCNC(=O)[C@@]12CC(C)C(C)C(/C=C/c3ccc(-c4cccc(F)c4)cn3)C1[C@@H](C)OC2=O. The Morgan fingerprint density at radius 1 is 1.16 bits per heavy atom. The topological polar surface area (TPSA) is 107 Å². The van der Waals surface area contributed by atoms with Crippen molar-refractivity contribution in [3.8, 4) is 11.1 Å². The van der Waals surface area contributed by atoms with Gasteiger partial charge in [0.1, 0.15) is 11.9 Å². The quantitative estimate of drug-likeness (QED) is 0.320. The van der Waals surface area contributed by atoms with Crippen molar-refractivity contribution in [2.75, 3.05) is 20.2 Å². The number of amides is 2. The van der Waals surface area contributed by atoms with E-state index in [1.807, 2.05) is 37.3 Å². The van der Waals surface area contributed by atoms with Crippen molar-refractivity contribution in [2.24, 2.45) is 29.1 Å². The first kappa shape index (κ1) is 27.3. The van der Waals surface area contributed by atoms with Crippen LogP contribution in [0.4, 0.5) is 9.18 Å². The summed E-state index contributed by atoms with van der Waals surface area (Å²) in [5.41, 5.74) is 0.968. The van der Waals surface area contributed by atoms with Crippen LogP contribution in [-0.4, -0.2) is 49.3 Å². The van der Waals surface area contributed by atoms with E-state index in [-0.39, 0.29) is 48.5 Å². The average molecular weight is 524 g/mol. The smallest absolute Gasteiger partial charge is 0.406 e. The van der Waals surface area contributed by atoms with Crippen LogP contribution in [0.3, 0.4) is 0 Å². The summed E-state index contributed by atoms with van der Waals surface area (Å²) in [5, 5.41) is 5.35. The molecule has 6 atom stereocenters. The van der Waals surface area contributed by atoms with Crippen molar-refractivity contribution in [2.45, 2.75) is 33.3 Å². The summed E-state index contributed by atoms with van der Waals surface area (Å²) >= 11 is 0. The lowest BCUT2D eigenvalue weighted by atomic mass is 9.54. The van der Waals surface area contributed by atoms with Gasteiger partial charge in [0.05, 0.1) is 12.8 Å². The Kier molecular flexibility index (Phi) is 8.14. The summed E-state index contributed by atoms with van der Waals surface area (Å²) in [5.74, 6) is -1.35. The first-order chi connectivity index (χ1) is 18.2. The molecule has 38 heavy (non-hydrogen) atoms. The molecule has 9 heteroatoms. The summed E-state index contributed by atoms with van der Waals surface area (Å²) in [4.78, 5) is 42.5. The second-order valence-electron chi connectivity index (χ2n) is 10.2. The first-order valence-corrected chi connectivity index (χ1v) is 12.9. The van der Waals surface area contributed by atoms with Gasteiger partial charge in [-0.25, -0.2) is 9.18 Å². The van der Waals surface area contributed by atoms with Crippen LogP contribution in [0.5, 0.6) is 0 Å². The fourth-order valence-electron chi connectivity index (χ4n) is 5.90. The van der Waals surface area contributed by atoms with Gasteiger partial charge >= 0.3 is 12.1 Å². The summed E-state index contributed by atoms with van der Waals surface area (Å²) in [6, 6.07) is 10.1. The van der Waals surface area contributed by atoms with Gasteiger partial charge in [-0.3, -0.25) is 14.6 Å². The van der Waals surface area contributed by atoms with E-state index in [1.165, 1.54) is 19.2 Å². The molecule has 1 aromatic carbocycles. The van der Waals surface area contributed by atoms with Gasteiger partial charge in [-0.15, -0.1) is 0 Å². The number of allylic oxidation sites excluding steroid dienone is 1. The number of hydrogen-bond donors (Lipinski definition) is 2. The molecule has 2 amide bonds. The van der Waals surface area contributed by atoms with Gasteiger partial charge < -0.3 is 20.1 Å². The number of nitrogens with zero attached hydrogens (tertiary/aromatic N) is 1. The van der Waals surface area contributed by atoms with E-state index in [0.29, 0.717) is 6.42 Å². The lowest BCUT2D eigenvalue weighted by Crippen LogP contribution is -2.56. The number of pyridine rings is 1. The van der Waals surface area contributed by atoms with Crippen molar-refractivity contribution in [3.63, 3.8) is 0 Å². The van der Waals surface area contributed by atoms with E-state index < -0.39 is 23.6 Å². The van der Waals surface area contributed by atoms with Crippen LogP contribution in [0.25, 0.3) is 17.2 Å². The van der Waals surface area contributed by atoms with Crippen LogP contribution in [0.2, 0.25) is 0 Å². The average Bonchev–Trinajstić information content (AvgIpc) is 3.16. The molecule has 0 bridgehead atoms. The third kappa shape index (κ3) is 5.28. The Bertz CT molecular complexity index is 1220. The van der Waals surface area contributed by atoms with E-state index in [0.717, 1.165) is 16.8 Å². The Balaban J connectivity index is 1.55. The lowest BCUT2D eigenvalue weighted by Gasteiger charge is -2.46. The van der Waals surface area contributed by atoms with E-state index in [4.69, 9.17) is 4.74 Å². The third-order valence-corrected chi connectivity index (χ3v) is 8.00. The fraction of sp³-hybridized carbons (Fsp3) is 0.448. The highest BCUT2D eigenvalue weighted by Crippen LogP contribution is 2.56. The largest absolute Gasteiger partial charge is 0.461 e. The zero-order valence-electron chi connectivity index (χ0n) is 22.1. The van der Waals surface area contributed by atoms with Gasteiger partial charge in [0.15, 0.2) is 5.41 Å². The minimum Gasteiger partial charge on any atom is -0.461 e. The Morgan fingerprint density at radius 2 is 1.92 bits per heavy atom. The Labute approximate surface area is 222 Å². The number of fused-ring (bicyclic) bond motifs is 1. The van der Waals surface area contributed by atoms with Crippen molar-refractivity contribution in [3.05, 3.63) is 60.2 Å². The minimum absolute atomic E-state index is 0.0843. The minimum atomic E-state index is -1.31. The molecule has 2 fully saturated rings. The normalized spacial score (nSPS) is 28.4. The van der Waals surface area contributed by atoms with E-state index >= 15 is 0 Å². The summed E-state index contributed by atoms with van der Waals surface area (Å²) in [6.07, 6.45) is 5.01. The fourth-order valence-corrected chi connectivity index (χ4v) is 5.90. The van der Waals surface area contributed by atoms with Crippen LogP contribution in [0, 0.1) is 34.9 Å². The molecule has 2 aromatic rings. The monoisotopic (exact) mass is 523 g/mol. The number of alkyl carbamates (subject to hydrolysis) is 1. The number of halogens is 1. The van der Waals surface area contributed by atoms with Crippen molar-refractivity contribution in [1.29, 1.82) is 0 Å². The Hall–Kier alpha value is -3.75. The molecule has 0 spiro atoms. The summed E-state index contributed by atoms with van der Waals surface area (Å²) in [7, 11) is 1.26. The maximum atomic E-state index is 13.6. The summed E-state index contributed by atoms with van der Waals surface area (Å²) < 4.78 is 23.8. The van der Waals surface area contributed by atoms with Crippen LogP contribution in [0.15, 0.2) is 48.7 Å². The summed E-state index contributed by atoms with van der Waals surface area (Å²) in [6.45, 7) is 6.37. The number of methoxy groups -OCH3 is 1. The number of cyclic esters (lactones) is 1. The molecule has 1 saturated heterocycles. The molecule has 4 rings (SSSR count). The third-order valence-electron chi connectivity index (χ3n) is 8.00. The highest BCUT2D eigenvalue weighted by atomic mass is 19.1. The molecular weight excluding hydrogens is 489 g/mol. The molecular formula is C29H34FN3O5. The van der Waals surface area contributed by atoms with Gasteiger partial charge in [-0.2, -0.15) is 0 Å². The molecule has 2 aliphatic rings. The number of ether oxygens (including phenoxy) is 2. The van der Waals surface area contributed by atoms with Gasteiger partial charge in [-0.1, -0.05) is 38.1 Å². The van der Waals surface area contributed by atoms with Crippen LogP contribution in [0.1, 0.15) is 32.9 Å². The van der Waals surface area contributed by atoms with E-state index in [9.17, 15) is 18.8 Å². The predicted molar refractivity (Wildman–Crippen MR) is 140 cm³/mol. The maximum Gasteiger partial charge on any atom is 0.406 e. The predicted octanol–water partition coefficient (Wildman–Crippen LogP) is 4.21. The number of aromatic nitrogens is 1. The van der Waals surface area contributed by atoms with Crippen LogP contribution < -0.4 is 10.6 Å². The molecule has 1 saturated carbocycles. The highest BCUT2D eigenvalue weighted by Gasteiger charge is 2.66. The molecule has 0 radical (unpaired) electrons. The maximum absolute atomic E-state index is 13.6. The molecule has 8 nitrogen and oxygen atoms in total. The first-order valence-electron chi connectivity index (χ1n) is 12.9. The van der Waals surface area contributed by atoms with Gasteiger partial charge in [0.2, 0.25) is 5.91 Å². The molecule has 1 aliphatic carbocycles. The number of rotatable bonds is 7. The van der Waals surface area contributed by atoms with Crippen LogP contribution in [-0.2, 0) is 19.1 Å². The number of carbonyl (C=O) groups is 3. The second-order valence-corrected chi connectivity index (χ2v) is 10.2. The number of carbonyl (C=O) groups excluding carboxylic acids is 3. The van der Waals surface area contributed by atoms with Gasteiger partial charge in [0.25, 0.3) is 0 Å². The van der Waals surface area contributed by atoms with Crippen molar-refractivity contribution in [1.82, 2.24) is 15.6 Å². The number of hydrogen-bond acceptors (Lipinski definition) is 6. The molecule has 1 aliphatic heterocycles. The van der Waals surface area contributed by atoms with Crippen molar-refractivity contribution < 1.29 is 28.2 Å². The number of esters is 1. The standard InChI is InChI=1S/C29H34FN3O5/c1-17-15-29(26(34)31-12-13-32-28(36)37-4)25(19(3)38-27(29)35)24(18(17)2)11-10-23-9-8-21(16-33-23)20-6-5-7-22(30)14-20/h5-11,14,16-19,24-25H,12-13,15H2,1-4H3,(H,31,34)(H,32,36)/b11-10+/t17?,18?,19-,24?,25?,29-/m1/s1. The van der Waals surface area contributed by atoms with Gasteiger partial charge in [0, 0.05) is 30.8 Å². The zero-order valence-corrected chi connectivity index (χ0v) is 22.1. The van der Waals surface area contributed by atoms with Gasteiger partial charge in [-0.05, 0) is 60.9 Å². The molecule has 2 N–H and O–H groups in total. The van der Waals surface area contributed by atoms with Crippen molar-refractivity contribution >= 4 is 24.0 Å².